The summed E-state index contributed by atoms with van der Waals surface area (Å²) in [7, 11) is 0. The van der Waals surface area contributed by atoms with E-state index in [1.807, 2.05) is 11.8 Å². The second kappa shape index (κ2) is 6.47. The molecule has 0 spiro atoms. The minimum Gasteiger partial charge on any atom is -0.335 e. The molecule has 0 aliphatic carbocycles. The number of anilines is 1. The second-order valence-corrected chi connectivity index (χ2v) is 7.17. The van der Waals surface area contributed by atoms with Gasteiger partial charge in [-0.25, -0.2) is 0 Å². The summed E-state index contributed by atoms with van der Waals surface area (Å²) in [6.07, 6.45) is 1.24. The van der Waals surface area contributed by atoms with Crippen molar-refractivity contribution in [1.29, 1.82) is 0 Å². The molecule has 0 radical (unpaired) electrons. The van der Waals surface area contributed by atoms with Crippen molar-refractivity contribution in [3.63, 3.8) is 0 Å². The fourth-order valence-corrected chi connectivity index (χ4v) is 3.63. The summed E-state index contributed by atoms with van der Waals surface area (Å²) in [4.78, 5) is 4.63. The van der Waals surface area contributed by atoms with Crippen molar-refractivity contribution in [3.8, 4) is 0 Å². The summed E-state index contributed by atoms with van der Waals surface area (Å²) in [5.41, 5.74) is 2.56. The molecule has 1 heterocycles. The minimum atomic E-state index is 0.530. The molecule has 2 nitrogen and oxygen atoms in total. The van der Waals surface area contributed by atoms with Crippen molar-refractivity contribution in [1.82, 2.24) is 0 Å². The van der Waals surface area contributed by atoms with Gasteiger partial charge < -0.3 is 5.32 Å². The van der Waals surface area contributed by atoms with Crippen molar-refractivity contribution < 1.29 is 0 Å². The van der Waals surface area contributed by atoms with Crippen LogP contribution in [0.3, 0.4) is 0 Å². The molecular weight excluding hydrogens is 252 g/mol. The van der Waals surface area contributed by atoms with E-state index in [-0.39, 0.29) is 0 Å². The van der Waals surface area contributed by atoms with Crippen molar-refractivity contribution >= 4 is 22.6 Å². The number of nitrogens with zero attached hydrogens (tertiary/aromatic N) is 1. The average Bonchev–Trinajstić information content (AvgIpc) is 2.76. The molecule has 1 unspecified atom stereocenters. The van der Waals surface area contributed by atoms with Crippen LogP contribution in [-0.2, 0) is 0 Å². The predicted molar refractivity (Wildman–Crippen MR) is 87.3 cm³/mol. The molecule has 1 aliphatic heterocycles. The highest BCUT2D eigenvalue weighted by Gasteiger charge is 2.21. The van der Waals surface area contributed by atoms with E-state index in [9.17, 15) is 0 Å². The van der Waals surface area contributed by atoms with Crippen LogP contribution in [0.1, 0.15) is 45.6 Å². The van der Waals surface area contributed by atoms with Crippen LogP contribution in [0.2, 0.25) is 0 Å². The highest BCUT2D eigenvalue weighted by molar-refractivity contribution is 8.15. The van der Waals surface area contributed by atoms with Gasteiger partial charge in [0.05, 0.1) is 6.54 Å². The smallest absolute Gasteiger partial charge is 0.161 e. The molecular formula is C16H24N2S. The lowest BCUT2D eigenvalue weighted by molar-refractivity contribution is 0.575. The quantitative estimate of drug-likeness (QED) is 0.859. The van der Waals surface area contributed by atoms with Crippen LogP contribution >= 0.6 is 11.8 Å². The number of benzene rings is 1. The van der Waals surface area contributed by atoms with Gasteiger partial charge in [0.25, 0.3) is 0 Å². The van der Waals surface area contributed by atoms with Gasteiger partial charge in [-0.1, -0.05) is 57.7 Å². The third-order valence-corrected chi connectivity index (χ3v) is 4.40. The molecule has 0 fully saturated rings. The van der Waals surface area contributed by atoms with E-state index in [1.165, 1.54) is 17.7 Å². The normalized spacial score (nSPS) is 19.1. The topological polar surface area (TPSA) is 24.4 Å². The highest BCUT2D eigenvalue weighted by Crippen LogP contribution is 2.30. The first-order valence-corrected chi connectivity index (χ1v) is 8.01. The van der Waals surface area contributed by atoms with Crippen molar-refractivity contribution in [2.75, 3.05) is 11.9 Å². The number of nitrogens with one attached hydrogen (secondary N) is 1. The molecule has 2 rings (SSSR count). The summed E-state index contributed by atoms with van der Waals surface area (Å²) in [5.74, 6) is 1.28. The third kappa shape index (κ3) is 4.00. The van der Waals surface area contributed by atoms with Gasteiger partial charge in [0.15, 0.2) is 5.17 Å². The van der Waals surface area contributed by atoms with E-state index in [0.29, 0.717) is 11.2 Å². The van der Waals surface area contributed by atoms with Crippen LogP contribution < -0.4 is 5.32 Å². The van der Waals surface area contributed by atoms with Crippen molar-refractivity contribution in [2.45, 2.75) is 45.3 Å². The van der Waals surface area contributed by atoms with Crippen LogP contribution in [0.5, 0.6) is 0 Å². The maximum absolute atomic E-state index is 4.63. The van der Waals surface area contributed by atoms with Gasteiger partial charge in [-0.3, -0.25) is 4.99 Å². The van der Waals surface area contributed by atoms with Gasteiger partial charge in [0.2, 0.25) is 0 Å². The summed E-state index contributed by atoms with van der Waals surface area (Å²) in [6, 6.07) is 8.53. The lowest BCUT2D eigenvalue weighted by atomic mass is 10.0. The molecule has 1 aliphatic rings. The summed E-state index contributed by atoms with van der Waals surface area (Å²) >= 11 is 1.89. The summed E-state index contributed by atoms with van der Waals surface area (Å²) in [6.45, 7) is 9.96. The number of hydrogen-bond acceptors (Lipinski definition) is 3. The average molecular weight is 276 g/mol. The Hall–Kier alpha value is -0.960. The zero-order valence-electron chi connectivity index (χ0n) is 12.3. The lowest BCUT2D eigenvalue weighted by Gasteiger charge is -2.15. The lowest BCUT2D eigenvalue weighted by Crippen LogP contribution is -2.11. The van der Waals surface area contributed by atoms with E-state index in [0.717, 1.165) is 17.6 Å². The van der Waals surface area contributed by atoms with Gasteiger partial charge in [-0.15, -0.1) is 0 Å². The van der Waals surface area contributed by atoms with Crippen LogP contribution in [0.15, 0.2) is 29.3 Å². The highest BCUT2D eigenvalue weighted by atomic mass is 32.2. The van der Waals surface area contributed by atoms with Crippen LogP contribution in [-0.4, -0.2) is 17.0 Å². The Labute approximate surface area is 121 Å². The molecule has 0 saturated heterocycles. The molecule has 3 heteroatoms. The Kier molecular flexibility index (Phi) is 4.92. The van der Waals surface area contributed by atoms with Gasteiger partial charge in [-0.05, 0) is 29.9 Å². The first-order valence-electron chi connectivity index (χ1n) is 7.13. The molecule has 19 heavy (non-hydrogen) atoms. The Morgan fingerprint density at radius 1 is 1.26 bits per heavy atom. The maximum Gasteiger partial charge on any atom is 0.161 e. The number of para-hydroxylation sites is 1. The fourth-order valence-electron chi connectivity index (χ4n) is 2.36. The van der Waals surface area contributed by atoms with Crippen molar-refractivity contribution in [3.05, 3.63) is 29.8 Å². The monoisotopic (exact) mass is 276 g/mol. The van der Waals surface area contributed by atoms with Crippen LogP contribution in [0.4, 0.5) is 5.69 Å². The standard InChI is InChI=1S/C16H24N2S/c1-11(2)9-13-10-17-16(19-13)18-15-8-6-5-7-14(15)12(3)4/h5-8,11-13H,9-10H2,1-4H3,(H,17,18). The predicted octanol–water partition coefficient (Wildman–Crippen LogP) is 4.74. The van der Waals surface area contributed by atoms with E-state index in [4.69, 9.17) is 0 Å². The first kappa shape index (κ1) is 14.4. The van der Waals surface area contributed by atoms with Crippen LogP contribution in [0, 0.1) is 5.92 Å². The van der Waals surface area contributed by atoms with E-state index < -0.39 is 0 Å². The number of rotatable bonds is 4. The molecule has 1 aromatic rings. The summed E-state index contributed by atoms with van der Waals surface area (Å²) < 4.78 is 0. The molecule has 0 aromatic heterocycles. The summed E-state index contributed by atoms with van der Waals surface area (Å²) in [5, 5.41) is 5.24. The molecule has 1 N–H and O–H groups in total. The molecule has 104 valence electrons. The number of aliphatic imine (C=N–C) groups is 1. The Morgan fingerprint density at radius 2 is 2.00 bits per heavy atom. The number of hydrogen-bond donors (Lipinski definition) is 1. The Morgan fingerprint density at radius 3 is 2.68 bits per heavy atom. The Bertz CT molecular complexity index is 452. The first-order chi connectivity index (χ1) is 9.06. The van der Waals surface area contributed by atoms with E-state index >= 15 is 0 Å². The zero-order valence-corrected chi connectivity index (χ0v) is 13.1. The number of thioether (sulfide) groups is 1. The van der Waals surface area contributed by atoms with Crippen LogP contribution in [0.25, 0.3) is 0 Å². The SMILES string of the molecule is CC(C)CC1CN=C(Nc2ccccc2C(C)C)S1. The third-order valence-electron chi connectivity index (χ3n) is 3.28. The minimum absolute atomic E-state index is 0.530. The molecule has 1 aromatic carbocycles. The zero-order chi connectivity index (χ0) is 13.8. The van der Waals surface area contributed by atoms with E-state index in [2.05, 4.69) is 62.3 Å². The van der Waals surface area contributed by atoms with Gasteiger partial charge in [0.1, 0.15) is 0 Å². The molecule has 0 bridgehead atoms. The Balaban J connectivity index is 2.00. The van der Waals surface area contributed by atoms with Crippen molar-refractivity contribution in [2.24, 2.45) is 10.9 Å². The molecule has 0 amide bonds. The number of amidine groups is 1. The van der Waals surface area contributed by atoms with Gasteiger partial charge in [-0.2, -0.15) is 0 Å². The fraction of sp³-hybridized carbons (Fsp3) is 0.562. The molecule has 1 atom stereocenters. The van der Waals surface area contributed by atoms with E-state index in [1.54, 1.807) is 0 Å². The van der Waals surface area contributed by atoms with Gasteiger partial charge in [0, 0.05) is 10.9 Å². The largest absolute Gasteiger partial charge is 0.335 e. The maximum atomic E-state index is 4.63. The molecule has 0 saturated carbocycles. The second-order valence-electron chi connectivity index (χ2n) is 5.88. The van der Waals surface area contributed by atoms with Gasteiger partial charge >= 0.3 is 0 Å².